The molecule has 0 spiro atoms. The van der Waals surface area contributed by atoms with Crippen LogP contribution in [0.15, 0.2) is 29.4 Å². The molecule has 26 heavy (non-hydrogen) atoms. The minimum Gasteiger partial charge on any atom is -0.493 e. The number of aliphatic imine (C=N–C) groups is 1. The number of nitrogens with zero attached hydrogens (tertiary/aromatic N) is 3. The molecule has 0 amide bonds. The van der Waals surface area contributed by atoms with Gasteiger partial charge in [-0.3, -0.25) is 0 Å². The molecule has 0 radical (unpaired) electrons. The highest BCUT2D eigenvalue weighted by Crippen LogP contribution is 2.27. The topological polar surface area (TPSA) is 59.0 Å². The van der Waals surface area contributed by atoms with Crippen LogP contribution in [0.3, 0.4) is 0 Å². The van der Waals surface area contributed by atoms with Crippen molar-refractivity contribution in [1.82, 2.24) is 15.2 Å². The first-order chi connectivity index (χ1) is 12.6. The molecular formula is C19H28N4O2S. The largest absolute Gasteiger partial charge is 0.493 e. The molecule has 1 aromatic heterocycles. The van der Waals surface area contributed by atoms with Gasteiger partial charge >= 0.3 is 0 Å². The van der Waals surface area contributed by atoms with E-state index >= 15 is 0 Å². The normalized spacial score (nSPS) is 11.3. The van der Waals surface area contributed by atoms with Gasteiger partial charge in [-0.25, -0.2) is 9.98 Å². The molecule has 1 aromatic carbocycles. The molecule has 1 heterocycles. The first kappa shape index (κ1) is 20.0. The Bertz CT molecular complexity index is 730. The molecule has 2 rings (SSSR count). The van der Waals surface area contributed by atoms with E-state index in [1.54, 1.807) is 25.6 Å². The van der Waals surface area contributed by atoms with Crippen LogP contribution in [0.5, 0.6) is 11.5 Å². The van der Waals surface area contributed by atoms with Crippen molar-refractivity contribution < 1.29 is 9.47 Å². The van der Waals surface area contributed by atoms with Crippen molar-refractivity contribution in [1.29, 1.82) is 0 Å². The van der Waals surface area contributed by atoms with E-state index in [-0.39, 0.29) is 0 Å². The molecule has 0 unspecified atom stereocenters. The number of ether oxygens (including phenoxy) is 2. The van der Waals surface area contributed by atoms with Crippen LogP contribution in [0.4, 0.5) is 0 Å². The van der Waals surface area contributed by atoms with E-state index in [4.69, 9.17) is 14.5 Å². The molecule has 0 aliphatic carbocycles. The third kappa shape index (κ3) is 5.62. The van der Waals surface area contributed by atoms with Gasteiger partial charge in [-0.2, -0.15) is 0 Å². The van der Waals surface area contributed by atoms with Gasteiger partial charge in [0.2, 0.25) is 0 Å². The fourth-order valence-corrected chi connectivity index (χ4v) is 3.26. The van der Waals surface area contributed by atoms with E-state index < -0.39 is 0 Å². The smallest absolute Gasteiger partial charge is 0.194 e. The fourth-order valence-electron chi connectivity index (χ4n) is 2.54. The average Bonchev–Trinajstić information content (AvgIpc) is 3.08. The lowest BCUT2D eigenvalue weighted by atomic mass is 10.1. The highest BCUT2D eigenvalue weighted by Gasteiger charge is 2.09. The monoisotopic (exact) mass is 376 g/mol. The predicted octanol–water partition coefficient (Wildman–Crippen LogP) is 3.11. The van der Waals surface area contributed by atoms with E-state index in [2.05, 4.69) is 35.2 Å². The molecule has 142 valence electrons. The number of hydrogen-bond acceptors (Lipinski definition) is 5. The number of likely N-dealkylation sites (N-methyl/N-ethyl adjacent to an activating group) is 1. The Morgan fingerprint density at radius 2 is 2.04 bits per heavy atom. The molecule has 7 heteroatoms. The predicted molar refractivity (Wildman–Crippen MR) is 108 cm³/mol. The summed E-state index contributed by atoms with van der Waals surface area (Å²) < 4.78 is 10.7. The van der Waals surface area contributed by atoms with Crippen molar-refractivity contribution in [3.8, 4) is 11.5 Å². The van der Waals surface area contributed by atoms with Crippen molar-refractivity contribution in [2.24, 2.45) is 4.99 Å². The lowest BCUT2D eigenvalue weighted by Crippen LogP contribution is -2.39. The zero-order valence-electron chi connectivity index (χ0n) is 16.2. The quantitative estimate of drug-likeness (QED) is 0.567. The summed E-state index contributed by atoms with van der Waals surface area (Å²) in [5.74, 6) is 2.41. The highest BCUT2D eigenvalue weighted by atomic mass is 32.1. The number of hydrogen-bond donors (Lipinski definition) is 1. The Kier molecular flexibility index (Phi) is 7.72. The maximum absolute atomic E-state index is 5.38. The van der Waals surface area contributed by atoms with Crippen LogP contribution in [0.25, 0.3) is 0 Å². The zero-order valence-corrected chi connectivity index (χ0v) is 17.0. The molecule has 0 bridgehead atoms. The van der Waals surface area contributed by atoms with Gasteiger partial charge in [0.15, 0.2) is 17.5 Å². The third-order valence-corrected chi connectivity index (χ3v) is 4.83. The number of rotatable bonds is 8. The molecule has 0 fully saturated rings. The average molecular weight is 377 g/mol. The summed E-state index contributed by atoms with van der Waals surface area (Å²) in [6.45, 7) is 6.42. The second-order valence-electron chi connectivity index (χ2n) is 5.88. The van der Waals surface area contributed by atoms with Crippen molar-refractivity contribution in [3.05, 3.63) is 39.8 Å². The van der Waals surface area contributed by atoms with Gasteiger partial charge in [0.25, 0.3) is 0 Å². The minimum absolute atomic E-state index is 0.647. The first-order valence-corrected chi connectivity index (χ1v) is 9.50. The molecule has 1 N–H and O–H groups in total. The number of guanidine groups is 1. The summed E-state index contributed by atoms with van der Waals surface area (Å²) in [7, 11) is 5.36. The fraction of sp³-hybridized carbons (Fsp3) is 0.474. The van der Waals surface area contributed by atoms with Crippen LogP contribution < -0.4 is 14.8 Å². The van der Waals surface area contributed by atoms with Gasteiger partial charge in [-0.1, -0.05) is 6.07 Å². The van der Waals surface area contributed by atoms with E-state index in [1.807, 2.05) is 25.3 Å². The van der Waals surface area contributed by atoms with Crippen molar-refractivity contribution >= 4 is 17.3 Å². The first-order valence-electron chi connectivity index (χ1n) is 8.69. The molecule has 0 saturated carbocycles. The maximum Gasteiger partial charge on any atom is 0.194 e. The zero-order chi connectivity index (χ0) is 18.9. The van der Waals surface area contributed by atoms with E-state index in [9.17, 15) is 0 Å². The third-order valence-electron chi connectivity index (χ3n) is 3.93. The summed E-state index contributed by atoms with van der Waals surface area (Å²) >= 11 is 1.69. The molecule has 2 aromatic rings. The van der Waals surface area contributed by atoms with Gasteiger partial charge in [0, 0.05) is 31.2 Å². The minimum atomic E-state index is 0.647. The number of aromatic nitrogens is 1. The van der Waals surface area contributed by atoms with Crippen LogP contribution in [-0.4, -0.2) is 50.2 Å². The number of aryl methyl sites for hydroxylation is 1. The second kappa shape index (κ2) is 10.0. The van der Waals surface area contributed by atoms with E-state index in [1.165, 1.54) is 10.4 Å². The van der Waals surface area contributed by atoms with E-state index in [0.717, 1.165) is 42.0 Å². The van der Waals surface area contributed by atoms with Crippen LogP contribution in [0.1, 0.15) is 22.4 Å². The van der Waals surface area contributed by atoms with Gasteiger partial charge in [0.05, 0.1) is 25.8 Å². The lowest BCUT2D eigenvalue weighted by molar-refractivity contribution is 0.354. The van der Waals surface area contributed by atoms with Crippen LogP contribution in [-0.2, 0) is 13.0 Å². The Balaban J connectivity index is 1.99. The molecule has 6 nitrogen and oxygen atoms in total. The van der Waals surface area contributed by atoms with Crippen molar-refractivity contribution in [2.75, 3.05) is 34.4 Å². The van der Waals surface area contributed by atoms with Gasteiger partial charge in [-0.15, -0.1) is 11.3 Å². The number of benzene rings is 1. The highest BCUT2D eigenvalue weighted by molar-refractivity contribution is 7.11. The van der Waals surface area contributed by atoms with Crippen LogP contribution in [0.2, 0.25) is 0 Å². The molecular weight excluding hydrogens is 348 g/mol. The van der Waals surface area contributed by atoms with Crippen LogP contribution >= 0.6 is 11.3 Å². The summed E-state index contributed by atoms with van der Waals surface area (Å²) in [6, 6.07) is 6.04. The summed E-state index contributed by atoms with van der Waals surface area (Å²) in [6.07, 6.45) is 2.79. The molecule has 0 aliphatic rings. The second-order valence-corrected chi connectivity index (χ2v) is 7.20. The SMILES string of the molecule is CCNC(=NCc1cnc(C)s1)N(C)CCc1ccc(OC)c(OC)c1. The Hall–Kier alpha value is -2.28. The van der Waals surface area contributed by atoms with Gasteiger partial charge in [-0.05, 0) is 38.0 Å². The number of thiazole rings is 1. The lowest BCUT2D eigenvalue weighted by Gasteiger charge is -2.22. The number of nitrogens with one attached hydrogen (secondary N) is 1. The van der Waals surface area contributed by atoms with E-state index in [0.29, 0.717) is 6.54 Å². The van der Waals surface area contributed by atoms with Crippen molar-refractivity contribution in [3.63, 3.8) is 0 Å². The van der Waals surface area contributed by atoms with Gasteiger partial charge in [0.1, 0.15) is 0 Å². The molecule has 0 aliphatic heterocycles. The Labute approximate surface area is 159 Å². The van der Waals surface area contributed by atoms with Crippen molar-refractivity contribution in [2.45, 2.75) is 26.8 Å². The summed E-state index contributed by atoms with van der Waals surface area (Å²) in [5, 5.41) is 4.42. The Morgan fingerprint density at radius 1 is 1.27 bits per heavy atom. The molecule has 0 saturated heterocycles. The number of methoxy groups -OCH3 is 2. The summed E-state index contributed by atoms with van der Waals surface area (Å²) in [4.78, 5) is 12.3. The standard InChI is InChI=1S/C19H28N4O2S/c1-6-20-19(22-13-16-12-21-14(2)26-16)23(3)10-9-15-7-8-17(24-4)18(11-15)25-5/h7-8,11-12H,6,9-10,13H2,1-5H3,(H,20,22). The van der Waals surface area contributed by atoms with Crippen LogP contribution in [0, 0.1) is 6.92 Å². The molecule has 0 atom stereocenters. The maximum atomic E-state index is 5.38. The Morgan fingerprint density at radius 3 is 2.65 bits per heavy atom. The van der Waals surface area contributed by atoms with Gasteiger partial charge < -0.3 is 19.7 Å². The summed E-state index contributed by atoms with van der Waals surface area (Å²) in [5.41, 5.74) is 1.20.